The molecule has 2 aromatic carbocycles. The van der Waals surface area contributed by atoms with E-state index >= 15 is 0 Å². The number of pyridine rings is 2. The zero-order chi connectivity index (χ0) is 35.6. The molecule has 4 aromatic rings. The van der Waals surface area contributed by atoms with Gasteiger partial charge in [-0.15, -0.1) is 0 Å². The van der Waals surface area contributed by atoms with Crippen LogP contribution < -0.4 is 20.9 Å². The molecule has 13 heteroatoms. The summed E-state index contributed by atoms with van der Waals surface area (Å²) in [5.74, 6) is -0.0921. The predicted molar refractivity (Wildman–Crippen MR) is 194 cm³/mol. The first-order chi connectivity index (χ1) is 24.0. The summed E-state index contributed by atoms with van der Waals surface area (Å²) in [6.45, 7) is 1.96. The van der Waals surface area contributed by atoms with Gasteiger partial charge in [-0.3, -0.25) is 24.3 Å². The molecule has 258 valence electrons. The van der Waals surface area contributed by atoms with Crippen LogP contribution in [0.1, 0.15) is 15.9 Å². The van der Waals surface area contributed by atoms with Crippen molar-refractivity contribution in [2.75, 3.05) is 69.9 Å². The third kappa shape index (κ3) is 9.51. The van der Waals surface area contributed by atoms with Crippen LogP contribution in [0.15, 0.2) is 97.5 Å². The molecular formula is C37H41N9O4. The molecule has 0 unspecified atom stereocenters. The highest BCUT2D eigenvalue weighted by molar-refractivity contribution is 5.97. The molecule has 0 saturated carbocycles. The Morgan fingerprint density at radius 3 is 2.28 bits per heavy atom. The number of amides is 5. The average Bonchev–Trinajstić information content (AvgIpc) is 3.47. The number of hydrogen-bond donors (Lipinski definition) is 3. The highest BCUT2D eigenvalue weighted by Gasteiger charge is 2.30. The normalized spacial score (nSPS) is 12.8. The zero-order valence-electron chi connectivity index (χ0n) is 28.6. The van der Waals surface area contributed by atoms with Gasteiger partial charge >= 0.3 is 6.03 Å². The van der Waals surface area contributed by atoms with Gasteiger partial charge < -0.3 is 30.7 Å². The molecule has 3 N–H and O–H groups in total. The molecule has 13 nitrogen and oxygen atoms in total. The Morgan fingerprint density at radius 1 is 0.860 bits per heavy atom. The first-order valence-electron chi connectivity index (χ1n) is 16.1. The van der Waals surface area contributed by atoms with Crippen LogP contribution >= 0.6 is 0 Å². The van der Waals surface area contributed by atoms with Crippen molar-refractivity contribution in [3.63, 3.8) is 0 Å². The molecule has 0 atom stereocenters. The lowest BCUT2D eigenvalue weighted by Crippen LogP contribution is -2.32. The van der Waals surface area contributed by atoms with E-state index in [4.69, 9.17) is 0 Å². The number of nitrogens with one attached hydrogen (secondary N) is 3. The van der Waals surface area contributed by atoms with Gasteiger partial charge in [0.1, 0.15) is 5.82 Å². The second-order valence-corrected chi connectivity index (χ2v) is 12.2. The van der Waals surface area contributed by atoms with E-state index in [-0.39, 0.29) is 30.3 Å². The van der Waals surface area contributed by atoms with E-state index in [1.807, 2.05) is 61.5 Å². The molecule has 0 radical (unpaired) electrons. The number of anilines is 4. The number of aromatic nitrogens is 2. The quantitative estimate of drug-likeness (QED) is 0.179. The average molecular weight is 676 g/mol. The smallest absolute Gasteiger partial charge is 0.324 e. The van der Waals surface area contributed by atoms with Crippen molar-refractivity contribution in [2.24, 2.45) is 0 Å². The highest BCUT2D eigenvalue weighted by atomic mass is 16.2. The Hall–Kier alpha value is -6.08. The summed E-state index contributed by atoms with van der Waals surface area (Å²) in [7, 11) is 7.25. The fourth-order valence-electron chi connectivity index (χ4n) is 5.18. The van der Waals surface area contributed by atoms with Gasteiger partial charge in [0.15, 0.2) is 0 Å². The highest BCUT2D eigenvalue weighted by Crippen LogP contribution is 2.26. The third-order valence-electron chi connectivity index (χ3n) is 7.81. The molecule has 0 bridgehead atoms. The van der Waals surface area contributed by atoms with Crippen molar-refractivity contribution in [3.8, 4) is 11.1 Å². The molecule has 1 aliphatic heterocycles. The molecule has 3 heterocycles. The van der Waals surface area contributed by atoms with E-state index in [0.29, 0.717) is 54.6 Å². The van der Waals surface area contributed by atoms with Gasteiger partial charge in [0.2, 0.25) is 11.8 Å². The monoisotopic (exact) mass is 675 g/mol. The SMILES string of the molecule is CN(C)C/C=C/C(=O)NCC(=O)Nc1ccc(CN2CCN(c3cncc(Nc4ccc(-c5ccc(C(=O)N(C)C)cc5)cn4)c3)C2=O)cc1. The van der Waals surface area contributed by atoms with E-state index < -0.39 is 0 Å². The van der Waals surface area contributed by atoms with Crippen molar-refractivity contribution in [1.82, 2.24) is 30.0 Å². The number of rotatable bonds is 13. The van der Waals surface area contributed by atoms with Gasteiger partial charge in [-0.05, 0) is 67.7 Å². The van der Waals surface area contributed by atoms with Gasteiger partial charge in [-0.1, -0.05) is 30.3 Å². The second-order valence-electron chi connectivity index (χ2n) is 12.2. The number of benzene rings is 2. The number of nitrogens with zero attached hydrogens (tertiary/aromatic N) is 6. The molecule has 5 amide bonds. The minimum Gasteiger partial charge on any atom is -0.345 e. The molecule has 2 aromatic heterocycles. The molecule has 0 spiro atoms. The van der Waals surface area contributed by atoms with Crippen LogP contribution in [-0.4, -0.2) is 103 Å². The standard InChI is InChI=1S/C37H41N9O4/c1-43(2)17-5-6-34(47)40-24-35(48)42-30-14-7-26(8-15-30)25-45-18-19-46(37(45)50)32-20-31(22-38-23-32)41-33-16-13-29(21-39-33)27-9-11-28(12-10-27)36(49)44(3)4/h5-16,20-23H,17-19,24-25H2,1-4H3,(H,39,41)(H,40,47)(H,42,48)/b6-5+. The molecule has 1 fully saturated rings. The molecular weight excluding hydrogens is 634 g/mol. The zero-order valence-corrected chi connectivity index (χ0v) is 28.6. The second kappa shape index (κ2) is 16.3. The Bertz CT molecular complexity index is 1840. The Morgan fingerprint density at radius 2 is 1.60 bits per heavy atom. The number of carbonyl (C=O) groups is 4. The Kier molecular flexibility index (Phi) is 11.5. The summed E-state index contributed by atoms with van der Waals surface area (Å²) in [6, 6.07) is 20.2. The van der Waals surface area contributed by atoms with Gasteiger partial charge in [0.05, 0.1) is 30.3 Å². The van der Waals surface area contributed by atoms with Crippen LogP contribution in [0.2, 0.25) is 0 Å². The maximum absolute atomic E-state index is 13.4. The van der Waals surface area contributed by atoms with Crippen LogP contribution in [0.4, 0.5) is 27.7 Å². The van der Waals surface area contributed by atoms with E-state index in [2.05, 4.69) is 25.9 Å². The summed E-state index contributed by atoms with van der Waals surface area (Å²) in [5, 5.41) is 8.59. The van der Waals surface area contributed by atoms with Gasteiger partial charge in [-0.2, -0.15) is 0 Å². The van der Waals surface area contributed by atoms with Crippen LogP contribution in [-0.2, 0) is 16.1 Å². The van der Waals surface area contributed by atoms with Crippen molar-refractivity contribution in [1.29, 1.82) is 0 Å². The van der Waals surface area contributed by atoms with Gasteiger partial charge in [0, 0.05) is 69.4 Å². The van der Waals surface area contributed by atoms with Crippen molar-refractivity contribution in [2.45, 2.75) is 6.54 Å². The summed E-state index contributed by atoms with van der Waals surface area (Å²) in [4.78, 5) is 65.5. The molecule has 1 saturated heterocycles. The van der Waals surface area contributed by atoms with Gasteiger partial charge in [-0.25, -0.2) is 9.78 Å². The predicted octanol–water partition coefficient (Wildman–Crippen LogP) is 4.20. The molecule has 1 aliphatic rings. The summed E-state index contributed by atoms with van der Waals surface area (Å²) in [5.41, 5.74) is 5.36. The minimum atomic E-state index is -0.336. The van der Waals surface area contributed by atoms with Gasteiger partial charge in [0.25, 0.3) is 5.91 Å². The van der Waals surface area contributed by atoms with E-state index in [0.717, 1.165) is 16.7 Å². The molecule has 50 heavy (non-hydrogen) atoms. The first kappa shape index (κ1) is 35.2. The topological polar surface area (TPSA) is 143 Å². The van der Waals surface area contributed by atoms with Crippen LogP contribution in [0.5, 0.6) is 0 Å². The summed E-state index contributed by atoms with van der Waals surface area (Å²) >= 11 is 0. The lowest BCUT2D eigenvalue weighted by atomic mass is 10.1. The maximum Gasteiger partial charge on any atom is 0.324 e. The molecule has 5 rings (SSSR count). The van der Waals surface area contributed by atoms with E-state index in [1.165, 1.54) is 6.08 Å². The number of likely N-dealkylation sites (N-methyl/N-ethyl adjacent to an activating group) is 1. The Labute approximate surface area is 291 Å². The maximum atomic E-state index is 13.4. The van der Waals surface area contributed by atoms with Crippen molar-refractivity contribution >= 4 is 46.6 Å². The number of hydrogen-bond acceptors (Lipinski definition) is 8. The first-order valence-corrected chi connectivity index (χ1v) is 16.1. The Balaban J connectivity index is 1.11. The lowest BCUT2D eigenvalue weighted by molar-refractivity contribution is -0.121. The van der Waals surface area contributed by atoms with Crippen LogP contribution in [0.3, 0.4) is 0 Å². The van der Waals surface area contributed by atoms with Crippen molar-refractivity contribution < 1.29 is 19.2 Å². The van der Waals surface area contributed by atoms with E-state index in [9.17, 15) is 19.2 Å². The number of urea groups is 1. The fraction of sp³-hybridized carbons (Fsp3) is 0.243. The third-order valence-corrected chi connectivity index (χ3v) is 7.81. The molecule has 0 aliphatic carbocycles. The lowest BCUT2D eigenvalue weighted by Gasteiger charge is -2.19. The van der Waals surface area contributed by atoms with Crippen LogP contribution in [0, 0.1) is 0 Å². The van der Waals surface area contributed by atoms with Crippen molar-refractivity contribution in [3.05, 3.63) is 109 Å². The number of carbonyl (C=O) groups excluding carboxylic acids is 4. The summed E-state index contributed by atoms with van der Waals surface area (Å²) < 4.78 is 0. The summed E-state index contributed by atoms with van der Waals surface area (Å²) in [6.07, 6.45) is 8.23. The van der Waals surface area contributed by atoms with Crippen LogP contribution in [0.25, 0.3) is 11.1 Å². The van der Waals surface area contributed by atoms with E-state index in [1.54, 1.807) is 77.7 Å². The largest absolute Gasteiger partial charge is 0.345 e. The minimum absolute atomic E-state index is 0.0485. The fourth-order valence-corrected chi connectivity index (χ4v) is 5.18.